The molecule has 0 aliphatic carbocycles. The molecule has 0 bridgehead atoms. The summed E-state index contributed by atoms with van der Waals surface area (Å²) in [5, 5.41) is 0. The fourth-order valence-corrected chi connectivity index (χ4v) is 4.86. The maximum absolute atomic E-state index is 6.48. The third-order valence-corrected chi connectivity index (χ3v) is 6.64. The lowest BCUT2D eigenvalue weighted by Crippen LogP contribution is -2.20. The van der Waals surface area contributed by atoms with Gasteiger partial charge in [0.25, 0.3) is 0 Å². The fourth-order valence-electron chi connectivity index (χ4n) is 3.12. The maximum atomic E-state index is 6.48. The zero-order chi connectivity index (χ0) is 23.1. The van der Waals surface area contributed by atoms with Crippen molar-refractivity contribution in [3.05, 3.63) is 120 Å². The molecule has 0 N–H and O–H groups in total. The van der Waals surface area contributed by atoms with Crippen LogP contribution in [-0.4, -0.2) is 0 Å². The van der Waals surface area contributed by atoms with E-state index in [1.165, 1.54) is 0 Å². The highest BCUT2D eigenvalue weighted by Gasteiger charge is 2.57. The average Bonchev–Trinajstić information content (AvgIpc) is 2.82. The van der Waals surface area contributed by atoms with Crippen molar-refractivity contribution in [1.29, 1.82) is 0 Å². The summed E-state index contributed by atoms with van der Waals surface area (Å²) < 4.78 is 25.7. The first-order valence-electron chi connectivity index (χ1n) is 11.0. The fraction of sp³-hybridized carbons (Fsp3) is 0.143. The number of hydrogen-bond donors (Lipinski definition) is 0. The van der Waals surface area contributed by atoms with Crippen molar-refractivity contribution in [3.63, 3.8) is 0 Å². The summed E-state index contributed by atoms with van der Waals surface area (Å²) in [7, 11) is -3.45. The van der Waals surface area contributed by atoms with Crippen molar-refractivity contribution in [2.75, 3.05) is 0 Å². The molecule has 0 aliphatic heterocycles. The molecule has 0 heterocycles. The Labute approximate surface area is 196 Å². The van der Waals surface area contributed by atoms with Gasteiger partial charge in [0.2, 0.25) is 0 Å². The van der Waals surface area contributed by atoms with E-state index in [-0.39, 0.29) is 0 Å². The predicted octanol–water partition coefficient (Wildman–Crippen LogP) is 8.41. The highest BCUT2D eigenvalue weighted by atomic mass is 31.2. The van der Waals surface area contributed by atoms with E-state index in [0.29, 0.717) is 28.9 Å². The van der Waals surface area contributed by atoms with Gasteiger partial charge in [0, 0.05) is 0 Å². The summed E-state index contributed by atoms with van der Waals surface area (Å²) >= 11 is 0. The smallest absolute Gasteiger partial charge is 0.241 e. The summed E-state index contributed by atoms with van der Waals surface area (Å²) in [6.07, 6.45) is 0. The summed E-state index contributed by atoms with van der Waals surface area (Å²) in [4.78, 5) is 0. The minimum atomic E-state index is -3.45. The molecule has 0 radical (unpaired) electrons. The van der Waals surface area contributed by atoms with Crippen molar-refractivity contribution in [1.82, 2.24) is 0 Å². The van der Waals surface area contributed by atoms with Crippen molar-refractivity contribution >= 4 is 8.17 Å². The second-order valence-corrected chi connectivity index (χ2v) is 9.60. The van der Waals surface area contributed by atoms with E-state index in [2.05, 4.69) is 19.9 Å². The van der Waals surface area contributed by atoms with Gasteiger partial charge in [-0.3, -0.25) is 0 Å². The standard InChI is InChI=1S/C28H28O4P/c1-22(2)24-11-10-16-28(21-24)32-33(29-25-12-6-4-7-13-25,30-26-14-8-5-9-15-26)31-27-19-17-23(3)18-20-27/h4-22H,1-3H3/q+1. The van der Waals surface area contributed by atoms with Crippen LogP contribution in [0.2, 0.25) is 0 Å². The molecule has 0 atom stereocenters. The first-order chi connectivity index (χ1) is 16.0. The number of hydrogen-bond acceptors (Lipinski definition) is 4. The molecule has 4 nitrogen and oxygen atoms in total. The quantitative estimate of drug-likeness (QED) is 0.235. The van der Waals surface area contributed by atoms with E-state index < -0.39 is 8.17 Å². The Kier molecular flexibility index (Phi) is 7.16. The van der Waals surface area contributed by atoms with Gasteiger partial charge in [-0.2, -0.15) is 0 Å². The second-order valence-electron chi connectivity index (χ2n) is 7.98. The van der Waals surface area contributed by atoms with Crippen LogP contribution in [0.3, 0.4) is 0 Å². The zero-order valence-electron chi connectivity index (χ0n) is 19.0. The number of aryl methyl sites for hydroxylation is 1. The first-order valence-corrected chi connectivity index (χ1v) is 12.4. The Bertz CT molecular complexity index is 1100. The van der Waals surface area contributed by atoms with Gasteiger partial charge in [0.1, 0.15) is 0 Å². The minimum Gasteiger partial charge on any atom is -0.241 e. The molecule has 0 saturated carbocycles. The van der Waals surface area contributed by atoms with Gasteiger partial charge in [-0.25, -0.2) is 18.1 Å². The summed E-state index contributed by atoms with van der Waals surface area (Å²) in [5.41, 5.74) is 2.28. The Morgan fingerprint density at radius 3 is 1.48 bits per heavy atom. The van der Waals surface area contributed by atoms with Gasteiger partial charge in [0.05, 0.1) is 0 Å². The summed E-state index contributed by atoms with van der Waals surface area (Å²) in [6.45, 7) is 6.32. The highest BCUT2D eigenvalue weighted by Crippen LogP contribution is 2.61. The number of rotatable bonds is 9. The number of para-hydroxylation sites is 2. The lowest BCUT2D eigenvalue weighted by molar-refractivity contribution is 0.263. The SMILES string of the molecule is Cc1ccc(O[P+](Oc2ccccc2)(Oc2ccccc2)Oc2cccc(C(C)C)c2)cc1. The van der Waals surface area contributed by atoms with Crippen LogP contribution in [0.25, 0.3) is 0 Å². The Morgan fingerprint density at radius 2 is 0.970 bits per heavy atom. The van der Waals surface area contributed by atoms with Crippen LogP contribution < -0.4 is 18.1 Å². The molecule has 0 saturated heterocycles. The van der Waals surface area contributed by atoms with Crippen LogP contribution in [0.5, 0.6) is 23.0 Å². The molecule has 4 aromatic carbocycles. The first kappa shape index (κ1) is 22.7. The molecule has 5 heteroatoms. The monoisotopic (exact) mass is 459 g/mol. The molecular formula is C28H28O4P+. The van der Waals surface area contributed by atoms with Gasteiger partial charge in [-0.05, 0) is 66.9 Å². The van der Waals surface area contributed by atoms with Crippen LogP contribution in [0.4, 0.5) is 0 Å². The Morgan fingerprint density at radius 1 is 0.515 bits per heavy atom. The molecule has 0 aromatic heterocycles. The van der Waals surface area contributed by atoms with Crippen molar-refractivity contribution in [2.24, 2.45) is 0 Å². The number of benzene rings is 4. The van der Waals surface area contributed by atoms with Gasteiger partial charge in [-0.1, -0.05) is 80.1 Å². The molecule has 0 aliphatic rings. The van der Waals surface area contributed by atoms with E-state index in [4.69, 9.17) is 18.1 Å². The lowest BCUT2D eigenvalue weighted by Gasteiger charge is -2.21. The van der Waals surface area contributed by atoms with Gasteiger partial charge in [-0.15, -0.1) is 0 Å². The molecule has 0 amide bonds. The largest absolute Gasteiger partial charge is 0.766 e. The van der Waals surface area contributed by atoms with Crippen LogP contribution in [0, 0.1) is 6.92 Å². The zero-order valence-corrected chi connectivity index (χ0v) is 19.9. The van der Waals surface area contributed by atoms with Gasteiger partial charge in [0.15, 0.2) is 23.0 Å². The van der Waals surface area contributed by atoms with E-state index in [1.54, 1.807) is 0 Å². The van der Waals surface area contributed by atoms with Crippen LogP contribution >= 0.6 is 8.17 Å². The van der Waals surface area contributed by atoms with Crippen LogP contribution in [-0.2, 0) is 0 Å². The third kappa shape index (κ3) is 6.27. The van der Waals surface area contributed by atoms with Gasteiger partial charge >= 0.3 is 8.17 Å². The van der Waals surface area contributed by atoms with Gasteiger partial charge < -0.3 is 0 Å². The molecule has 0 spiro atoms. The minimum absolute atomic E-state index is 0.351. The molecule has 33 heavy (non-hydrogen) atoms. The maximum Gasteiger partial charge on any atom is 0.766 e. The molecule has 168 valence electrons. The topological polar surface area (TPSA) is 36.9 Å². The third-order valence-electron chi connectivity index (χ3n) is 4.90. The summed E-state index contributed by atoms with van der Waals surface area (Å²) in [6, 6.07) is 34.6. The van der Waals surface area contributed by atoms with Crippen molar-refractivity contribution in [3.8, 4) is 23.0 Å². The predicted molar refractivity (Wildman–Crippen MR) is 134 cm³/mol. The normalized spacial score (nSPS) is 11.2. The second kappa shape index (κ2) is 10.4. The van der Waals surface area contributed by atoms with E-state index in [0.717, 1.165) is 11.1 Å². The van der Waals surface area contributed by atoms with E-state index in [1.807, 2.05) is 110 Å². The van der Waals surface area contributed by atoms with Crippen molar-refractivity contribution < 1.29 is 18.1 Å². The van der Waals surface area contributed by atoms with Crippen LogP contribution in [0.15, 0.2) is 109 Å². The van der Waals surface area contributed by atoms with Crippen molar-refractivity contribution in [2.45, 2.75) is 26.7 Å². The molecular weight excluding hydrogens is 431 g/mol. The average molecular weight is 460 g/mol. The van der Waals surface area contributed by atoms with E-state index in [9.17, 15) is 0 Å². The molecule has 0 fully saturated rings. The lowest BCUT2D eigenvalue weighted by atomic mass is 10.0. The summed E-state index contributed by atoms with van der Waals surface area (Å²) in [5.74, 6) is 2.75. The molecule has 4 rings (SSSR count). The Balaban J connectivity index is 1.78. The van der Waals surface area contributed by atoms with Crippen LogP contribution in [0.1, 0.15) is 30.9 Å². The molecule has 0 unspecified atom stereocenters. The highest BCUT2D eigenvalue weighted by molar-refractivity contribution is 7.58. The van der Waals surface area contributed by atoms with E-state index >= 15 is 0 Å². The molecule has 4 aromatic rings. The Hall–Kier alpha value is -3.49.